The number of rotatable bonds is 8. The first-order valence-corrected chi connectivity index (χ1v) is 12.8. The van der Waals surface area contributed by atoms with Crippen LogP contribution in [0.4, 0.5) is 4.39 Å². The lowest BCUT2D eigenvalue weighted by molar-refractivity contribution is -0.122. The van der Waals surface area contributed by atoms with Crippen molar-refractivity contribution in [2.75, 3.05) is 0 Å². The number of nitrogens with zero attached hydrogens (tertiary/aromatic N) is 3. The molecule has 0 bridgehead atoms. The summed E-state index contributed by atoms with van der Waals surface area (Å²) < 4.78 is 15.1. The van der Waals surface area contributed by atoms with Gasteiger partial charge in [-0.3, -0.25) is 9.36 Å². The van der Waals surface area contributed by atoms with Gasteiger partial charge in [-0.2, -0.15) is 0 Å². The van der Waals surface area contributed by atoms with Crippen molar-refractivity contribution < 1.29 is 9.18 Å². The summed E-state index contributed by atoms with van der Waals surface area (Å²) in [6.45, 7) is 0.198. The predicted octanol–water partition coefficient (Wildman–Crippen LogP) is 6.43. The van der Waals surface area contributed by atoms with Crippen LogP contribution < -0.4 is 5.32 Å². The molecule has 0 aliphatic heterocycles. The van der Waals surface area contributed by atoms with Crippen LogP contribution in [-0.4, -0.2) is 20.7 Å². The van der Waals surface area contributed by atoms with E-state index in [-0.39, 0.29) is 30.1 Å². The Morgan fingerprint density at radius 1 is 1.06 bits per heavy atom. The Bertz CT molecular complexity index is 1350. The fraction of sp³-hybridized carbons (Fsp3) is 0.192. The third-order valence-electron chi connectivity index (χ3n) is 5.91. The van der Waals surface area contributed by atoms with E-state index in [1.54, 1.807) is 30.3 Å². The molecule has 5 nitrogen and oxygen atoms in total. The maximum absolute atomic E-state index is 13.3. The molecule has 9 heteroatoms. The molecule has 35 heavy (non-hydrogen) atoms. The molecule has 0 saturated heterocycles. The van der Waals surface area contributed by atoms with Crippen molar-refractivity contribution >= 4 is 40.9 Å². The van der Waals surface area contributed by atoms with Crippen molar-refractivity contribution in [2.45, 2.75) is 29.8 Å². The van der Waals surface area contributed by atoms with Gasteiger partial charge in [0.15, 0.2) is 11.0 Å². The van der Waals surface area contributed by atoms with Gasteiger partial charge in [-0.25, -0.2) is 4.39 Å². The fourth-order valence-electron chi connectivity index (χ4n) is 3.99. The fourth-order valence-corrected chi connectivity index (χ4v) is 5.27. The Labute approximate surface area is 216 Å². The molecule has 1 aliphatic carbocycles. The highest BCUT2D eigenvalue weighted by Crippen LogP contribution is 2.47. The molecule has 4 aromatic rings. The van der Waals surface area contributed by atoms with E-state index in [4.69, 9.17) is 23.2 Å². The summed E-state index contributed by atoms with van der Waals surface area (Å²) in [5, 5.41) is 13.3. The molecule has 0 spiro atoms. The summed E-state index contributed by atoms with van der Waals surface area (Å²) in [5.74, 6) is 1.01. The standard InChI is InChI=1S/C26H21Cl2FN4OS/c27-18-8-11-22(28)23(12-18)33-24(31-32-26(33)35-15-16-6-9-19(29)10-7-16)14-30-25(34)21-13-20(21)17-4-2-1-3-5-17/h1-12,20-21H,13-15H2,(H,30,34). The summed E-state index contributed by atoms with van der Waals surface area (Å²) in [6, 6.07) is 21.5. The van der Waals surface area contributed by atoms with Gasteiger partial charge in [-0.15, -0.1) is 10.2 Å². The van der Waals surface area contributed by atoms with Crippen LogP contribution in [0.3, 0.4) is 0 Å². The Balaban J connectivity index is 1.34. The molecular weight excluding hydrogens is 506 g/mol. The number of thioether (sulfide) groups is 1. The molecule has 1 saturated carbocycles. The molecule has 1 N–H and O–H groups in total. The van der Waals surface area contributed by atoms with E-state index in [1.807, 2.05) is 22.8 Å². The number of halogens is 3. The highest BCUT2D eigenvalue weighted by atomic mass is 35.5. The summed E-state index contributed by atoms with van der Waals surface area (Å²) in [7, 11) is 0. The number of nitrogens with one attached hydrogen (secondary N) is 1. The van der Waals surface area contributed by atoms with Crippen molar-refractivity contribution in [3.8, 4) is 5.69 Å². The van der Waals surface area contributed by atoms with Crippen molar-refractivity contribution in [1.82, 2.24) is 20.1 Å². The molecule has 1 amide bonds. The van der Waals surface area contributed by atoms with Crippen molar-refractivity contribution in [3.63, 3.8) is 0 Å². The molecule has 1 fully saturated rings. The van der Waals surface area contributed by atoms with Crippen LogP contribution in [0.25, 0.3) is 5.69 Å². The summed E-state index contributed by atoms with van der Waals surface area (Å²) in [6.07, 6.45) is 0.835. The minimum atomic E-state index is -0.282. The SMILES string of the molecule is O=C(NCc1nnc(SCc2ccc(F)cc2)n1-c1cc(Cl)ccc1Cl)C1CC1c1ccccc1. The lowest BCUT2D eigenvalue weighted by Gasteiger charge is -2.13. The van der Waals surface area contributed by atoms with Crippen molar-refractivity contribution in [2.24, 2.45) is 5.92 Å². The minimum absolute atomic E-state index is 0.00823. The minimum Gasteiger partial charge on any atom is -0.349 e. The Hall–Kier alpha value is -2.87. The van der Waals surface area contributed by atoms with Gasteiger partial charge < -0.3 is 5.32 Å². The lowest BCUT2D eigenvalue weighted by Crippen LogP contribution is -2.26. The first kappa shape index (κ1) is 23.9. The topological polar surface area (TPSA) is 59.8 Å². The van der Waals surface area contributed by atoms with Gasteiger partial charge >= 0.3 is 0 Å². The largest absolute Gasteiger partial charge is 0.349 e. The number of carbonyl (C=O) groups excluding carboxylic acids is 1. The van der Waals surface area contributed by atoms with Gasteiger partial charge in [0.05, 0.1) is 17.3 Å². The van der Waals surface area contributed by atoms with Gasteiger partial charge in [-0.1, -0.05) is 77.4 Å². The predicted molar refractivity (Wildman–Crippen MR) is 136 cm³/mol. The Morgan fingerprint density at radius 3 is 2.60 bits per heavy atom. The van der Waals surface area contributed by atoms with E-state index in [9.17, 15) is 9.18 Å². The first-order chi connectivity index (χ1) is 17.0. The number of hydrogen-bond donors (Lipinski definition) is 1. The third kappa shape index (κ3) is 5.53. The molecule has 178 valence electrons. The molecule has 1 aliphatic rings. The number of aromatic nitrogens is 3. The summed E-state index contributed by atoms with van der Waals surface area (Å²) in [4.78, 5) is 12.8. The second-order valence-electron chi connectivity index (χ2n) is 8.32. The number of hydrogen-bond acceptors (Lipinski definition) is 4. The summed E-state index contributed by atoms with van der Waals surface area (Å²) in [5.41, 5.74) is 2.75. The van der Waals surface area contributed by atoms with E-state index in [2.05, 4.69) is 27.6 Å². The van der Waals surface area contributed by atoms with Crippen molar-refractivity contribution in [1.29, 1.82) is 0 Å². The van der Waals surface area contributed by atoms with Crippen LogP contribution in [0.15, 0.2) is 78.0 Å². The van der Waals surface area contributed by atoms with E-state index in [0.717, 1.165) is 12.0 Å². The zero-order valence-electron chi connectivity index (χ0n) is 18.5. The Morgan fingerprint density at radius 2 is 1.83 bits per heavy atom. The van der Waals surface area contributed by atoms with Gasteiger partial charge in [-0.05, 0) is 53.8 Å². The molecule has 3 aromatic carbocycles. The van der Waals surface area contributed by atoms with Crippen LogP contribution >= 0.6 is 35.0 Å². The number of amides is 1. The smallest absolute Gasteiger partial charge is 0.224 e. The van der Waals surface area contributed by atoms with Gasteiger partial charge in [0.25, 0.3) is 0 Å². The quantitative estimate of drug-likeness (QED) is 0.269. The maximum Gasteiger partial charge on any atom is 0.224 e. The number of carbonyl (C=O) groups is 1. The average molecular weight is 527 g/mol. The van der Waals surface area contributed by atoms with Crippen LogP contribution in [0.1, 0.15) is 29.3 Å². The van der Waals surface area contributed by atoms with E-state index < -0.39 is 0 Å². The molecule has 5 rings (SSSR count). The normalized spacial score (nSPS) is 16.8. The zero-order valence-corrected chi connectivity index (χ0v) is 20.8. The van der Waals surface area contributed by atoms with E-state index >= 15 is 0 Å². The highest BCUT2D eigenvalue weighted by Gasteiger charge is 2.43. The number of benzene rings is 3. The molecular formula is C26H21Cl2FN4OS. The second kappa shape index (κ2) is 10.4. The first-order valence-electron chi connectivity index (χ1n) is 11.1. The monoisotopic (exact) mass is 526 g/mol. The lowest BCUT2D eigenvalue weighted by atomic mass is 10.1. The molecule has 0 radical (unpaired) electrons. The van der Waals surface area contributed by atoms with Crippen LogP contribution in [0, 0.1) is 11.7 Å². The van der Waals surface area contributed by atoms with Gasteiger partial charge in [0.2, 0.25) is 5.91 Å². The van der Waals surface area contributed by atoms with Gasteiger partial charge in [0.1, 0.15) is 5.82 Å². The third-order valence-corrected chi connectivity index (χ3v) is 7.46. The second-order valence-corrected chi connectivity index (χ2v) is 10.1. The van der Waals surface area contributed by atoms with Crippen molar-refractivity contribution in [3.05, 3.63) is 106 Å². The summed E-state index contributed by atoms with van der Waals surface area (Å²) >= 11 is 14.2. The highest BCUT2D eigenvalue weighted by molar-refractivity contribution is 7.98. The average Bonchev–Trinajstić information content (AvgIpc) is 3.58. The maximum atomic E-state index is 13.3. The van der Waals surface area contributed by atoms with Gasteiger partial charge in [0, 0.05) is 16.7 Å². The van der Waals surface area contributed by atoms with E-state index in [0.29, 0.717) is 32.5 Å². The molecule has 2 unspecified atom stereocenters. The Kier molecular flexibility index (Phi) is 7.09. The van der Waals surface area contributed by atoms with Crippen LogP contribution in [0.2, 0.25) is 10.0 Å². The zero-order chi connectivity index (χ0) is 24.4. The van der Waals surface area contributed by atoms with Crippen LogP contribution in [-0.2, 0) is 17.1 Å². The molecule has 1 aromatic heterocycles. The molecule has 1 heterocycles. The molecule has 2 atom stereocenters. The van der Waals surface area contributed by atoms with E-state index in [1.165, 1.54) is 29.5 Å². The van der Waals surface area contributed by atoms with Crippen LogP contribution in [0.5, 0.6) is 0 Å².